The summed E-state index contributed by atoms with van der Waals surface area (Å²) in [6.45, 7) is 3.17. The molecule has 4 atom stereocenters. The Balaban J connectivity index is 1.77. The summed E-state index contributed by atoms with van der Waals surface area (Å²) < 4.78 is 16.7. The zero-order chi connectivity index (χ0) is 21.6. The van der Waals surface area contributed by atoms with Crippen LogP contribution >= 0.6 is 0 Å². The molecule has 160 valence electrons. The number of carbonyl (C=O) groups is 2. The number of ketones is 2. The summed E-state index contributed by atoms with van der Waals surface area (Å²) in [5, 5.41) is 30.2. The van der Waals surface area contributed by atoms with Crippen LogP contribution in [0.1, 0.15) is 64.6 Å². The van der Waals surface area contributed by atoms with Crippen molar-refractivity contribution in [3.05, 3.63) is 45.7 Å². The van der Waals surface area contributed by atoms with E-state index in [1.54, 1.807) is 19.1 Å². The Morgan fingerprint density at radius 2 is 2.00 bits per heavy atom. The quantitative estimate of drug-likeness (QED) is 0.681. The maximum Gasteiger partial charge on any atom is 0.198 e. The molecular weight excluding hydrogens is 392 g/mol. The number of Topliss-reactive ketones (excluding diaryl/α,β-unsaturated/α-hetero) is 1. The van der Waals surface area contributed by atoms with E-state index in [9.17, 15) is 24.9 Å². The van der Waals surface area contributed by atoms with Gasteiger partial charge in [0.2, 0.25) is 0 Å². The van der Waals surface area contributed by atoms with Gasteiger partial charge in [-0.05, 0) is 37.1 Å². The predicted octanol–water partition coefficient (Wildman–Crippen LogP) is 2.02. The normalized spacial score (nSPS) is 28.3. The first-order valence-corrected chi connectivity index (χ1v) is 9.97. The molecule has 0 unspecified atom stereocenters. The van der Waals surface area contributed by atoms with Crippen molar-refractivity contribution in [1.29, 1.82) is 0 Å². The van der Waals surface area contributed by atoms with Gasteiger partial charge in [0.05, 0.1) is 30.1 Å². The maximum absolute atomic E-state index is 13.3. The van der Waals surface area contributed by atoms with E-state index in [4.69, 9.17) is 14.2 Å². The van der Waals surface area contributed by atoms with Gasteiger partial charge in [0.25, 0.3) is 0 Å². The smallest absolute Gasteiger partial charge is 0.198 e. The lowest BCUT2D eigenvalue weighted by Crippen LogP contribution is -2.47. The van der Waals surface area contributed by atoms with Crippen LogP contribution in [0.5, 0.6) is 5.75 Å². The molecule has 0 spiro atoms. The van der Waals surface area contributed by atoms with Gasteiger partial charge in [0.15, 0.2) is 17.9 Å². The second-order valence-corrected chi connectivity index (χ2v) is 7.68. The summed E-state index contributed by atoms with van der Waals surface area (Å²) in [5.74, 6) is -0.655. The van der Waals surface area contributed by atoms with Crippen LogP contribution in [0, 0.1) is 0 Å². The fourth-order valence-electron chi connectivity index (χ4n) is 4.10. The SMILES string of the molecule is CCC[C@H]1OC(C)=Cc2cc3c(c(O)c21)C(=O)C([C@H]1OC[C@@H](O)[C@@H](CO)O1)=CC3=O. The molecule has 1 aromatic carbocycles. The van der Waals surface area contributed by atoms with Crippen molar-refractivity contribution in [2.24, 2.45) is 0 Å². The Morgan fingerprint density at radius 3 is 2.70 bits per heavy atom. The van der Waals surface area contributed by atoms with Crippen molar-refractivity contribution in [2.45, 2.75) is 51.3 Å². The lowest BCUT2D eigenvalue weighted by atomic mass is 9.82. The third-order valence-corrected chi connectivity index (χ3v) is 5.55. The zero-order valence-corrected chi connectivity index (χ0v) is 16.8. The van der Waals surface area contributed by atoms with Crippen LogP contribution in [-0.2, 0) is 14.2 Å². The number of phenols is 1. The van der Waals surface area contributed by atoms with E-state index < -0.39 is 42.8 Å². The molecule has 0 bridgehead atoms. The van der Waals surface area contributed by atoms with Crippen molar-refractivity contribution in [2.75, 3.05) is 13.2 Å². The first-order valence-electron chi connectivity index (χ1n) is 9.97. The monoisotopic (exact) mass is 416 g/mol. The number of fused-ring (bicyclic) bond motifs is 2. The van der Waals surface area contributed by atoms with Gasteiger partial charge in [-0.2, -0.15) is 0 Å². The molecule has 0 saturated carbocycles. The van der Waals surface area contributed by atoms with Crippen molar-refractivity contribution in [3.63, 3.8) is 0 Å². The highest BCUT2D eigenvalue weighted by Gasteiger charge is 2.40. The number of ether oxygens (including phenoxy) is 3. The van der Waals surface area contributed by atoms with Gasteiger partial charge < -0.3 is 29.5 Å². The molecule has 3 N–H and O–H groups in total. The molecule has 8 nitrogen and oxygen atoms in total. The number of hydrogen-bond donors (Lipinski definition) is 3. The van der Waals surface area contributed by atoms with Gasteiger partial charge in [-0.3, -0.25) is 9.59 Å². The van der Waals surface area contributed by atoms with Crippen molar-refractivity contribution in [1.82, 2.24) is 0 Å². The molecule has 1 aromatic rings. The van der Waals surface area contributed by atoms with Crippen LogP contribution in [0.3, 0.4) is 0 Å². The fraction of sp³-hybridized carbons (Fsp3) is 0.455. The predicted molar refractivity (Wildman–Crippen MR) is 105 cm³/mol. The third-order valence-electron chi connectivity index (χ3n) is 5.55. The Bertz CT molecular complexity index is 960. The summed E-state index contributed by atoms with van der Waals surface area (Å²) >= 11 is 0. The van der Waals surface area contributed by atoms with Gasteiger partial charge in [0, 0.05) is 11.1 Å². The van der Waals surface area contributed by atoms with E-state index >= 15 is 0 Å². The second kappa shape index (κ2) is 7.96. The minimum absolute atomic E-state index is 0.0800. The molecule has 2 aliphatic heterocycles. The average Bonchev–Trinajstić information content (AvgIpc) is 2.70. The highest BCUT2D eigenvalue weighted by atomic mass is 16.7. The number of phenolic OH excluding ortho intramolecular Hbond substituents is 1. The minimum Gasteiger partial charge on any atom is -0.507 e. The first kappa shape index (κ1) is 20.7. The Kier molecular flexibility index (Phi) is 5.50. The number of allylic oxidation sites excluding steroid dienone is 2. The Labute approximate surface area is 173 Å². The van der Waals surface area contributed by atoms with E-state index in [0.29, 0.717) is 23.3 Å². The number of aliphatic hydroxyl groups excluding tert-OH is 2. The number of benzene rings is 1. The van der Waals surface area contributed by atoms with Gasteiger partial charge in [0.1, 0.15) is 24.1 Å². The van der Waals surface area contributed by atoms with Crippen molar-refractivity contribution >= 4 is 17.6 Å². The number of aromatic hydroxyl groups is 1. The topological polar surface area (TPSA) is 123 Å². The van der Waals surface area contributed by atoms with E-state index in [1.807, 2.05) is 6.92 Å². The lowest BCUT2D eigenvalue weighted by molar-refractivity contribution is -0.241. The van der Waals surface area contributed by atoms with Crippen LogP contribution in [-0.4, -0.2) is 58.6 Å². The number of hydrogen-bond acceptors (Lipinski definition) is 8. The van der Waals surface area contributed by atoms with Gasteiger partial charge in [-0.1, -0.05) is 13.3 Å². The van der Waals surface area contributed by atoms with Crippen LogP contribution in [0.2, 0.25) is 0 Å². The number of rotatable bonds is 4. The first-order chi connectivity index (χ1) is 14.3. The summed E-state index contributed by atoms with van der Waals surface area (Å²) in [6.07, 6.45) is 0.675. The average molecular weight is 416 g/mol. The molecule has 1 aliphatic carbocycles. The van der Waals surface area contributed by atoms with Crippen LogP contribution < -0.4 is 0 Å². The molecule has 0 aromatic heterocycles. The maximum atomic E-state index is 13.3. The van der Waals surface area contributed by atoms with Crippen LogP contribution in [0.4, 0.5) is 0 Å². The molecule has 3 aliphatic rings. The fourth-order valence-corrected chi connectivity index (χ4v) is 4.10. The zero-order valence-electron chi connectivity index (χ0n) is 16.8. The van der Waals surface area contributed by atoms with Gasteiger partial charge in [-0.25, -0.2) is 0 Å². The molecule has 30 heavy (non-hydrogen) atoms. The molecule has 1 fully saturated rings. The molecule has 1 saturated heterocycles. The van der Waals surface area contributed by atoms with Gasteiger partial charge in [-0.15, -0.1) is 0 Å². The van der Waals surface area contributed by atoms with Crippen LogP contribution in [0.25, 0.3) is 6.08 Å². The summed E-state index contributed by atoms with van der Waals surface area (Å²) in [5.41, 5.74) is 1.06. The minimum atomic E-state index is -1.23. The number of carbonyl (C=O) groups excluding carboxylic acids is 2. The van der Waals surface area contributed by atoms with E-state index in [0.717, 1.165) is 12.5 Å². The van der Waals surface area contributed by atoms with Crippen molar-refractivity contribution in [3.8, 4) is 5.75 Å². The molecule has 0 amide bonds. The summed E-state index contributed by atoms with van der Waals surface area (Å²) in [4.78, 5) is 26.1. The van der Waals surface area contributed by atoms with E-state index in [2.05, 4.69) is 0 Å². The van der Waals surface area contributed by atoms with Gasteiger partial charge >= 0.3 is 0 Å². The van der Waals surface area contributed by atoms with E-state index in [1.165, 1.54) is 0 Å². The summed E-state index contributed by atoms with van der Waals surface area (Å²) in [7, 11) is 0. The molecular formula is C22H24O8. The molecule has 0 radical (unpaired) electrons. The lowest BCUT2D eigenvalue weighted by Gasteiger charge is -2.35. The molecule has 2 heterocycles. The Hall–Kier alpha value is -2.52. The standard InChI is InChI=1S/C22H24O8/c1-3-4-16-18-11(5-10(2)29-16)6-12-14(24)7-13(20(26)19(12)21(18)27)22-28-9-15(25)17(8-23)30-22/h5-7,15-17,22-23,25,27H,3-4,8-9H2,1-2H3/t15-,16-,17-,22+/m1/s1. The third kappa shape index (κ3) is 3.35. The van der Waals surface area contributed by atoms with E-state index in [-0.39, 0.29) is 29.1 Å². The molecule has 8 heteroatoms. The number of aliphatic hydroxyl groups is 2. The highest BCUT2D eigenvalue weighted by molar-refractivity contribution is 6.26. The summed E-state index contributed by atoms with van der Waals surface area (Å²) in [6, 6.07) is 1.61. The largest absolute Gasteiger partial charge is 0.507 e. The Morgan fingerprint density at radius 1 is 1.23 bits per heavy atom. The second-order valence-electron chi connectivity index (χ2n) is 7.68. The van der Waals surface area contributed by atoms with Crippen molar-refractivity contribution < 1.29 is 39.1 Å². The van der Waals surface area contributed by atoms with Crippen LogP contribution in [0.15, 0.2) is 23.5 Å². The highest BCUT2D eigenvalue weighted by Crippen LogP contribution is 2.44. The molecule has 4 rings (SSSR count).